The lowest BCUT2D eigenvalue weighted by atomic mass is 9.97. The van der Waals surface area contributed by atoms with Crippen LogP contribution in [-0.2, 0) is 10.0 Å². The third-order valence-corrected chi connectivity index (χ3v) is 6.12. The molecule has 1 fully saturated rings. The summed E-state index contributed by atoms with van der Waals surface area (Å²) in [7, 11) is 0.166. The molecule has 0 N–H and O–H groups in total. The summed E-state index contributed by atoms with van der Waals surface area (Å²) >= 11 is 0. The van der Waals surface area contributed by atoms with E-state index in [9.17, 15) is 13.2 Å². The Labute approximate surface area is 133 Å². The molecule has 1 heterocycles. The molecule has 0 radical (unpaired) electrons. The van der Waals surface area contributed by atoms with Crippen LogP contribution in [0, 0.1) is 5.92 Å². The molecule has 0 saturated carbocycles. The smallest absolute Gasteiger partial charge is 0.242 e. The minimum atomic E-state index is -3.54. The average molecular weight is 324 g/mol. The van der Waals surface area contributed by atoms with Gasteiger partial charge < -0.3 is 4.90 Å². The molecular weight excluding hydrogens is 300 g/mol. The van der Waals surface area contributed by atoms with E-state index in [0.29, 0.717) is 18.0 Å². The van der Waals surface area contributed by atoms with Crippen LogP contribution in [0.25, 0.3) is 0 Å². The van der Waals surface area contributed by atoms with Gasteiger partial charge >= 0.3 is 0 Å². The molecule has 1 saturated heterocycles. The maximum Gasteiger partial charge on any atom is 0.242 e. The van der Waals surface area contributed by atoms with Gasteiger partial charge in [0.15, 0.2) is 5.78 Å². The fourth-order valence-corrected chi connectivity index (χ4v) is 4.06. The van der Waals surface area contributed by atoms with Crippen LogP contribution in [-0.4, -0.2) is 57.1 Å². The molecule has 0 unspecified atom stereocenters. The third kappa shape index (κ3) is 3.94. The topological polar surface area (TPSA) is 57.7 Å². The van der Waals surface area contributed by atoms with Crippen molar-refractivity contribution in [1.29, 1.82) is 0 Å². The summed E-state index contributed by atoms with van der Waals surface area (Å²) < 4.78 is 26.7. The van der Waals surface area contributed by atoms with E-state index < -0.39 is 10.0 Å². The molecule has 1 aliphatic heterocycles. The number of likely N-dealkylation sites (tertiary alicyclic amines) is 1. The molecule has 0 amide bonds. The van der Waals surface area contributed by atoms with Crippen molar-refractivity contribution in [2.75, 3.05) is 33.7 Å². The summed E-state index contributed by atoms with van der Waals surface area (Å²) in [6.45, 7) is 3.99. The minimum Gasteiger partial charge on any atom is -0.306 e. The lowest BCUT2D eigenvalue weighted by Crippen LogP contribution is -2.38. The largest absolute Gasteiger partial charge is 0.306 e. The highest BCUT2D eigenvalue weighted by molar-refractivity contribution is 7.89. The Morgan fingerprint density at radius 2 is 1.95 bits per heavy atom. The number of sulfonamides is 1. The number of ketones is 1. The van der Waals surface area contributed by atoms with Gasteiger partial charge in [0.25, 0.3) is 0 Å². The van der Waals surface area contributed by atoms with Gasteiger partial charge in [0, 0.05) is 19.2 Å². The van der Waals surface area contributed by atoms with Crippen molar-refractivity contribution < 1.29 is 13.2 Å². The van der Waals surface area contributed by atoms with Crippen molar-refractivity contribution in [3.8, 4) is 0 Å². The number of Topliss-reactive ketones (excluding diaryl/α,β-unsaturated/α-hetero) is 1. The summed E-state index contributed by atoms with van der Waals surface area (Å²) in [5.41, 5.74) is 0.425. The van der Waals surface area contributed by atoms with Gasteiger partial charge in [-0.3, -0.25) is 4.79 Å². The van der Waals surface area contributed by atoms with E-state index in [2.05, 4.69) is 11.9 Å². The Hall–Kier alpha value is -1.24. The molecule has 1 aromatic rings. The highest BCUT2D eigenvalue weighted by Gasteiger charge is 2.26. The zero-order chi connectivity index (χ0) is 16.3. The molecule has 6 heteroatoms. The summed E-state index contributed by atoms with van der Waals surface area (Å²) in [6.07, 6.45) is 2.04. The van der Waals surface area contributed by atoms with Crippen LogP contribution >= 0.6 is 0 Å². The highest BCUT2D eigenvalue weighted by Crippen LogP contribution is 2.21. The van der Waals surface area contributed by atoms with Gasteiger partial charge in [-0.05, 0) is 58.0 Å². The van der Waals surface area contributed by atoms with E-state index in [1.54, 1.807) is 25.2 Å². The van der Waals surface area contributed by atoms with E-state index in [-0.39, 0.29) is 10.7 Å². The first-order valence-electron chi connectivity index (χ1n) is 7.56. The van der Waals surface area contributed by atoms with E-state index in [1.165, 1.54) is 17.3 Å². The van der Waals surface area contributed by atoms with Crippen molar-refractivity contribution in [3.63, 3.8) is 0 Å². The Morgan fingerprint density at radius 3 is 2.55 bits per heavy atom. The number of hydrogen-bond acceptors (Lipinski definition) is 4. The lowest BCUT2D eigenvalue weighted by molar-refractivity contribution is 0.101. The molecule has 22 heavy (non-hydrogen) atoms. The molecule has 1 aromatic carbocycles. The van der Waals surface area contributed by atoms with Crippen LogP contribution in [0.1, 0.15) is 30.1 Å². The van der Waals surface area contributed by atoms with Gasteiger partial charge in [-0.15, -0.1) is 0 Å². The van der Waals surface area contributed by atoms with Gasteiger partial charge in [0.05, 0.1) is 4.90 Å². The van der Waals surface area contributed by atoms with Crippen molar-refractivity contribution in [1.82, 2.24) is 9.21 Å². The normalized spacial score (nSPS) is 17.8. The quantitative estimate of drug-likeness (QED) is 0.776. The van der Waals surface area contributed by atoms with Crippen LogP contribution in [0.5, 0.6) is 0 Å². The maximum absolute atomic E-state index is 12.6. The fourth-order valence-electron chi connectivity index (χ4n) is 2.76. The second-order valence-electron chi connectivity index (χ2n) is 6.12. The molecule has 1 aliphatic rings. The van der Waals surface area contributed by atoms with Crippen molar-refractivity contribution in [3.05, 3.63) is 29.8 Å². The second-order valence-corrected chi connectivity index (χ2v) is 8.16. The molecule has 122 valence electrons. The summed E-state index contributed by atoms with van der Waals surface area (Å²) in [5, 5.41) is 0. The molecule has 2 rings (SSSR count). The van der Waals surface area contributed by atoms with Crippen molar-refractivity contribution >= 4 is 15.8 Å². The van der Waals surface area contributed by atoms with Gasteiger partial charge in [-0.1, -0.05) is 12.1 Å². The van der Waals surface area contributed by atoms with Gasteiger partial charge in [-0.2, -0.15) is 0 Å². The Balaban J connectivity index is 2.12. The van der Waals surface area contributed by atoms with Gasteiger partial charge in [-0.25, -0.2) is 12.7 Å². The predicted octanol–water partition coefficient (Wildman–Crippen LogP) is 1.85. The van der Waals surface area contributed by atoms with Crippen molar-refractivity contribution in [2.24, 2.45) is 5.92 Å². The second kappa shape index (κ2) is 6.89. The van der Waals surface area contributed by atoms with Gasteiger partial charge in [0.1, 0.15) is 0 Å². The highest BCUT2D eigenvalue weighted by atomic mass is 32.2. The number of benzene rings is 1. The Morgan fingerprint density at radius 1 is 1.32 bits per heavy atom. The number of rotatable bonds is 5. The van der Waals surface area contributed by atoms with Crippen LogP contribution < -0.4 is 0 Å². The molecule has 0 bridgehead atoms. The summed E-state index contributed by atoms with van der Waals surface area (Å²) in [6, 6.07) is 6.26. The standard InChI is InChI=1S/C16H24N2O3S/c1-13(19)15-5-4-6-16(11-15)22(20,21)18(3)12-14-7-9-17(2)10-8-14/h4-6,11,14H,7-10,12H2,1-3H3. The molecular formula is C16H24N2O3S. The maximum atomic E-state index is 12.6. The summed E-state index contributed by atoms with van der Waals surface area (Å²) in [5.74, 6) is 0.266. The molecule has 0 atom stereocenters. The number of carbonyl (C=O) groups is 1. The van der Waals surface area contributed by atoms with Gasteiger partial charge in [0.2, 0.25) is 10.0 Å². The van der Waals surface area contributed by atoms with E-state index in [4.69, 9.17) is 0 Å². The first-order chi connectivity index (χ1) is 10.3. The Kier molecular flexibility index (Phi) is 5.36. The lowest BCUT2D eigenvalue weighted by Gasteiger charge is -2.31. The SMILES string of the molecule is CC(=O)c1cccc(S(=O)(=O)N(C)CC2CCN(C)CC2)c1. The minimum absolute atomic E-state index is 0.130. The average Bonchev–Trinajstić information content (AvgIpc) is 2.49. The molecule has 0 spiro atoms. The zero-order valence-electron chi connectivity index (χ0n) is 13.4. The molecule has 5 nitrogen and oxygen atoms in total. The van der Waals surface area contributed by atoms with Crippen LogP contribution in [0.3, 0.4) is 0 Å². The molecule has 0 aromatic heterocycles. The molecule has 0 aliphatic carbocycles. The van der Waals surface area contributed by atoms with E-state index in [1.807, 2.05) is 0 Å². The fraction of sp³-hybridized carbons (Fsp3) is 0.562. The number of hydrogen-bond donors (Lipinski definition) is 0. The van der Waals surface area contributed by atoms with E-state index >= 15 is 0 Å². The summed E-state index contributed by atoms with van der Waals surface area (Å²) in [4.78, 5) is 13.9. The van der Waals surface area contributed by atoms with Crippen molar-refractivity contribution in [2.45, 2.75) is 24.7 Å². The third-order valence-electron chi connectivity index (χ3n) is 4.30. The number of nitrogens with zero attached hydrogens (tertiary/aromatic N) is 2. The number of carbonyl (C=O) groups excluding carboxylic acids is 1. The zero-order valence-corrected chi connectivity index (χ0v) is 14.3. The first-order valence-corrected chi connectivity index (χ1v) is 9.00. The first kappa shape index (κ1) is 17.1. The Bertz CT molecular complexity index is 635. The monoisotopic (exact) mass is 324 g/mol. The van der Waals surface area contributed by atoms with Crippen LogP contribution in [0.15, 0.2) is 29.2 Å². The number of piperidine rings is 1. The van der Waals surface area contributed by atoms with Crippen LogP contribution in [0.4, 0.5) is 0 Å². The predicted molar refractivity (Wildman–Crippen MR) is 86.5 cm³/mol. The van der Waals surface area contributed by atoms with Crippen LogP contribution in [0.2, 0.25) is 0 Å². The van der Waals surface area contributed by atoms with E-state index in [0.717, 1.165) is 25.9 Å².